The highest BCUT2D eigenvalue weighted by Crippen LogP contribution is 2.22. The van der Waals surface area contributed by atoms with E-state index in [1.54, 1.807) is 18.3 Å². The Hall–Kier alpha value is -3.37. The first kappa shape index (κ1) is 18.0. The highest BCUT2D eigenvalue weighted by Gasteiger charge is 2.19. The van der Waals surface area contributed by atoms with E-state index in [1.807, 2.05) is 30.3 Å². The summed E-state index contributed by atoms with van der Waals surface area (Å²) in [7, 11) is 0. The van der Waals surface area contributed by atoms with E-state index in [1.165, 1.54) is 0 Å². The van der Waals surface area contributed by atoms with E-state index in [-0.39, 0.29) is 0 Å². The zero-order chi connectivity index (χ0) is 19.3. The number of hydrogen-bond donors (Lipinski definition) is 1. The molecular weight excluding hydrogens is 374 g/mol. The minimum absolute atomic E-state index is 0.430. The molecule has 1 aromatic heterocycles. The number of rotatable bonds is 4. The Labute approximate surface area is 168 Å². The standard InChI is InChI=1S/C20H18ClN7/c21-16-2-1-3-18(12-16)27-8-10-28(11-9-27)19-14-23-26-20(25-19)24-17-6-4-15(13-22)5-7-17/h1-7,12,14H,8-11H2,(H,24,25,26). The van der Waals surface area contributed by atoms with Crippen molar-refractivity contribution in [1.29, 1.82) is 5.26 Å². The van der Waals surface area contributed by atoms with Gasteiger partial charge in [-0.25, -0.2) is 0 Å². The molecule has 0 saturated carbocycles. The van der Waals surface area contributed by atoms with Crippen molar-refractivity contribution in [3.8, 4) is 6.07 Å². The number of benzene rings is 2. The van der Waals surface area contributed by atoms with Crippen molar-refractivity contribution < 1.29 is 0 Å². The molecular formula is C20H18ClN7. The molecule has 7 nitrogen and oxygen atoms in total. The third-order valence-corrected chi connectivity index (χ3v) is 4.83. The van der Waals surface area contributed by atoms with Crippen LogP contribution in [0.5, 0.6) is 0 Å². The van der Waals surface area contributed by atoms with E-state index >= 15 is 0 Å². The number of nitriles is 1. The van der Waals surface area contributed by atoms with Crippen molar-refractivity contribution in [2.75, 3.05) is 41.3 Å². The van der Waals surface area contributed by atoms with Crippen LogP contribution in [0.2, 0.25) is 5.02 Å². The molecule has 4 rings (SSSR count). The topological polar surface area (TPSA) is 81.0 Å². The average Bonchev–Trinajstić information content (AvgIpc) is 2.75. The molecule has 1 aliphatic rings. The fraction of sp³-hybridized carbons (Fsp3) is 0.200. The summed E-state index contributed by atoms with van der Waals surface area (Å²) in [4.78, 5) is 9.09. The first-order valence-electron chi connectivity index (χ1n) is 8.94. The number of nitrogens with zero attached hydrogens (tertiary/aromatic N) is 6. The zero-order valence-corrected chi connectivity index (χ0v) is 15.8. The quantitative estimate of drug-likeness (QED) is 0.729. The second kappa shape index (κ2) is 8.11. The summed E-state index contributed by atoms with van der Waals surface area (Å²) in [5, 5.41) is 20.9. The number of halogens is 1. The molecule has 1 N–H and O–H groups in total. The second-order valence-corrected chi connectivity index (χ2v) is 6.84. The third-order valence-electron chi connectivity index (χ3n) is 4.59. The Kier molecular flexibility index (Phi) is 5.22. The van der Waals surface area contributed by atoms with Gasteiger partial charge in [-0.1, -0.05) is 17.7 Å². The average molecular weight is 392 g/mol. The van der Waals surface area contributed by atoms with E-state index in [9.17, 15) is 0 Å². The van der Waals surface area contributed by atoms with E-state index in [2.05, 4.69) is 42.4 Å². The van der Waals surface area contributed by atoms with Crippen LogP contribution in [0, 0.1) is 11.3 Å². The van der Waals surface area contributed by atoms with Crippen LogP contribution in [-0.2, 0) is 0 Å². The van der Waals surface area contributed by atoms with Gasteiger partial charge < -0.3 is 15.1 Å². The molecule has 0 atom stereocenters. The lowest BCUT2D eigenvalue weighted by Crippen LogP contribution is -2.46. The van der Waals surface area contributed by atoms with Crippen LogP contribution < -0.4 is 15.1 Å². The van der Waals surface area contributed by atoms with Crippen LogP contribution >= 0.6 is 11.6 Å². The maximum atomic E-state index is 8.88. The summed E-state index contributed by atoms with van der Waals surface area (Å²) >= 11 is 6.10. The van der Waals surface area contributed by atoms with Crippen LogP contribution in [0.1, 0.15) is 5.56 Å². The summed E-state index contributed by atoms with van der Waals surface area (Å²) in [6, 6.07) is 17.1. The van der Waals surface area contributed by atoms with Crippen molar-refractivity contribution in [2.45, 2.75) is 0 Å². The fourth-order valence-electron chi connectivity index (χ4n) is 3.12. The maximum Gasteiger partial charge on any atom is 0.249 e. The molecule has 0 bridgehead atoms. The molecule has 3 aromatic rings. The molecule has 0 aliphatic carbocycles. The Bertz CT molecular complexity index is 992. The number of anilines is 4. The molecule has 140 valence electrons. The van der Waals surface area contributed by atoms with Gasteiger partial charge >= 0.3 is 0 Å². The molecule has 0 spiro atoms. The maximum absolute atomic E-state index is 8.88. The van der Waals surface area contributed by atoms with Crippen molar-refractivity contribution >= 4 is 34.7 Å². The van der Waals surface area contributed by atoms with Crippen molar-refractivity contribution in [3.05, 3.63) is 65.3 Å². The summed E-state index contributed by atoms with van der Waals surface area (Å²) in [6.45, 7) is 3.43. The van der Waals surface area contributed by atoms with Gasteiger partial charge in [0.1, 0.15) is 0 Å². The zero-order valence-electron chi connectivity index (χ0n) is 15.1. The van der Waals surface area contributed by atoms with Crippen LogP contribution in [0.15, 0.2) is 54.7 Å². The van der Waals surface area contributed by atoms with Crippen LogP contribution in [0.4, 0.5) is 23.1 Å². The van der Waals surface area contributed by atoms with Gasteiger partial charge in [0.15, 0.2) is 5.82 Å². The molecule has 1 fully saturated rings. The number of aromatic nitrogens is 3. The fourth-order valence-corrected chi connectivity index (χ4v) is 3.31. The lowest BCUT2D eigenvalue weighted by molar-refractivity contribution is 0.645. The highest BCUT2D eigenvalue weighted by atomic mass is 35.5. The van der Waals surface area contributed by atoms with E-state index in [0.29, 0.717) is 11.5 Å². The van der Waals surface area contributed by atoms with Gasteiger partial charge in [-0.3, -0.25) is 0 Å². The Morgan fingerprint density at radius 3 is 2.46 bits per heavy atom. The van der Waals surface area contributed by atoms with Crippen molar-refractivity contribution in [1.82, 2.24) is 15.2 Å². The molecule has 1 saturated heterocycles. The summed E-state index contributed by atoms with van der Waals surface area (Å²) < 4.78 is 0. The molecule has 8 heteroatoms. The first-order valence-corrected chi connectivity index (χ1v) is 9.31. The Morgan fingerprint density at radius 1 is 1.00 bits per heavy atom. The first-order chi connectivity index (χ1) is 13.7. The van der Waals surface area contributed by atoms with Crippen LogP contribution in [-0.4, -0.2) is 41.4 Å². The summed E-state index contributed by atoms with van der Waals surface area (Å²) in [6.07, 6.45) is 1.68. The lowest BCUT2D eigenvalue weighted by atomic mass is 10.2. The molecule has 0 unspecified atom stereocenters. The predicted molar refractivity (Wildman–Crippen MR) is 110 cm³/mol. The van der Waals surface area contributed by atoms with Gasteiger partial charge in [0.05, 0.1) is 17.8 Å². The molecule has 0 radical (unpaired) electrons. The SMILES string of the molecule is N#Cc1ccc(Nc2nncc(N3CCN(c4cccc(Cl)c4)CC3)n2)cc1. The highest BCUT2D eigenvalue weighted by molar-refractivity contribution is 6.30. The molecule has 1 aliphatic heterocycles. The van der Waals surface area contributed by atoms with E-state index in [4.69, 9.17) is 16.9 Å². The van der Waals surface area contributed by atoms with Crippen LogP contribution in [0.25, 0.3) is 0 Å². The lowest BCUT2D eigenvalue weighted by Gasteiger charge is -2.36. The predicted octanol–water partition coefficient (Wildman–Crippen LogP) is 3.47. The second-order valence-electron chi connectivity index (χ2n) is 6.41. The Morgan fingerprint density at radius 2 is 1.75 bits per heavy atom. The van der Waals surface area contributed by atoms with Crippen LogP contribution in [0.3, 0.4) is 0 Å². The smallest absolute Gasteiger partial charge is 0.249 e. The minimum Gasteiger partial charge on any atom is -0.368 e. The van der Waals surface area contributed by atoms with Gasteiger partial charge in [-0.15, -0.1) is 5.10 Å². The normalized spacial score (nSPS) is 13.9. The van der Waals surface area contributed by atoms with E-state index < -0.39 is 0 Å². The van der Waals surface area contributed by atoms with Gasteiger partial charge in [0, 0.05) is 42.6 Å². The molecule has 2 heterocycles. The van der Waals surface area contributed by atoms with E-state index in [0.717, 1.165) is 48.4 Å². The number of hydrogen-bond acceptors (Lipinski definition) is 7. The van der Waals surface area contributed by atoms with Gasteiger partial charge in [-0.2, -0.15) is 15.3 Å². The number of piperazine rings is 1. The third kappa shape index (κ3) is 4.13. The molecule has 28 heavy (non-hydrogen) atoms. The van der Waals surface area contributed by atoms with Gasteiger partial charge in [0.2, 0.25) is 5.95 Å². The number of nitrogens with one attached hydrogen (secondary N) is 1. The van der Waals surface area contributed by atoms with Crippen molar-refractivity contribution in [2.24, 2.45) is 0 Å². The largest absolute Gasteiger partial charge is 0.368 e. The van der Waals surface area contributed by atoms with Crippen molar-refractivity contribution in [3.63, 3.8) is 0 Å². The Balaban J connectivity index is 1.41. The monoisotopic (exact) mass is 391 g/mol. The minimum atomic E-state index is 0.430. The summed E-state index contributed by atoms with van der Waals surface area (Å²) in [5.74, 6) is 1.22. The molecule has 2 aromatic carbocycles. The summed E-state index contributed by atoms with van der Waals surface area (Å²) in [5.41, 5.74) is 2.55. The molecule has 0 amide bonds. The van der Waals surface area contributed by atoms with Gasteiger partial charge in [-0.05, 0) is 42.5 Å². The van der Waals surface area contributed by atoms with Gasteiger partial charge in [0.25, 0.3) is 0 Å².